The number of rotatable bonds is 0. The van der Waals surface area contributed by atoms with Gasteiger partial charge in [-0.05, 0) is 0 Å². The van der Waals surface area contributed by atoms with Crippen molar-refractivity contribution in [2.75, 3.05) is 0 Å². The van der Waals surface area contributed by atoms with Crippen LogP contribution in [0.25, 0.3) is 0 Å². The van der Waals surface area contributed by atoms with Crippen LogP contribution in [0.1, 0.15) is 0 Å². The van der Waals surface area contributed by atoms with Crippen molar-refractivity contribution in [3.63, 3.8) is 0 Å². The maximum atomic E-state index is 8.42. The van der Waals surface area contributed by atoms with Gasteiger partial charge in [0.15, 0.2) is 0 Å². The summed E-state index contributed by atoms with van der Waals surface area (Å²) in [5.41, 5.74) is 0. The minimum atomic E-state index is -2.92. The molecule has 0 atom stereocenters. The molecule has 200 valence electrons. The fourth-order valence-corrected chi connectivity index (χ4v) is 0. The molecule has 0 aliphatic rings. The summed E-state index contributed by atoms with van der Waals surface area (Å²) >= 11 is 0. The van der Waals surface area contributed by atoms with E-state index in [0.29, 0.717) is 0 Å². The van der Waals surface area contributed by atoms with Crippen molar-refractivity contribution in [2.45, 2.75) is 0 Å². The molecule has 0 N–H and O–H groups in total. The van der Waals surface area contributed by atoms with Gasteiger partial charge >= 0.3 is 605 Å². The van der Waals surface area contributed by atoms with Gasteiger partial charge in [-0.2, -0.15) is 0 Å². The van der Waals surface area contributed by atoms with E-state index >= 15 is 0 Å². The Morgan fingerprint density at radius 3 is 0.156 bits per heavy atom. The Kier molecular flexibility index (Phi) is 535. The van der Waals surface area contributed by atoms with Crippen LogP contribution in [0.5, 0.6) is 0 Å². The van der Waals surface area contributed by atoms with E-state index in [0.717, 1.165) is 0 Å². The smallest absolute Gasteiger partial charge is 1.00 e. The SMILES string of the molecule is [Ba+2].[Ba+2].[Ba+2].[Ba+2].[Ba+2].[Ba+2].[Ba+2].[Ba+2].[Ba+2].[Ba+2].[Ba+2].[Ba+2].[F-].[F-].[F-].[F-].[Li+].[O-]B([O-])[O-].[O-]B([O-])[O-].[O-]B([O-])[O-].[O-]B([O-])[O-].[O-]B([O-])[O-].[O-]B([O-])[O-].[O-]B([O-])[O-]. The Hall–Kier alpha value is 18.8. The van der Waals surface area contributed by atoms with Gasteiger partial charge in [0.25, 0.3) is 0 Å². The van der Waals surface area contributed by atoms with Gasteiger partial charge in [-0.3, -0.25) is 51.2 Å². The molecule has 45 heavy (non-hydrogen) atoms. The minimum Gasteiger partial charge on any atom is -1.00 e. The van der Waals surface area contributed by atoms with Crippen molar-refractivity contribution >= 4 is 638 Å². The second-order valence-electron chi connectivity index (χ2n) is 2.02. The maximum Gasteiger partial charge on any atom is 2.00 e. The van der Waals surface area contributed by atoms with Crippen LogP contribution in [0, 0.1) is 0 Å². The van der Waals surface area contributed by atoms with Crippen LogP contribution in [0.3, 0.4) is 0 Å². The Labute approximate surface area is 754 Å². The van der Waals surface area contributed by atoms with Crippen molar-refractivity contribution in [3.05, 3.63) is 0 Å². The first-order valence-electron chi connectivity index (χ1n) is 4.95. The number of halogens is 4. The Balaban J connectivity index is -0.00000000489. The third-order valence-electron chi connectivity index (χ3n) is 0. The van der Waals surface area contributed by atoms with Crippen LogP contribution >= 0.6 is 0 Å². The Bertz CT molecular complexity index is 176. The molecule has 0 aromatic rings. The summed E-state index contributed by atoms with van der Waals surface area (Å²) < 4.78 is 0. The van der Waals surface area contributed by atoms with E-state index in [1.54, 1.807) is 0 Å². The monoisotopic (exact) mass is 2150 g/mol. The van der Waals surface area contributed by atoms with Gasteiger partial charge in [0, 0.05) is 0 Å². The summed E-state index contributed by atoms with van der Waals surface area (Å²) in [6.45, 7) is 0. The molecule has 0 saturated carbocycles. The molecule has 0 aliphatic carbocycles. The summed E-state index contributed by atoms with van der Waals surface area (Å²) in [4.78, 5) is 0. The first-order valence-corrected chi connectivity index (χ1v) is 4.95. The Morgan fingerprint density at radius 2 is 0.156 bits per heavy atom. The topological polar surface area (TPSA) is 484 Å². The third kappa shape index (κ3) is 657. The van der Waals surface area contributed by atoms with Crippen LogP contribution in [-0.2, 0) is 0 Å². The van der Waals surface area contributed by atoms with E-state index in [-0.39, 0.29) is 624 Å². The summed E-state index contributed by atoms with van der Waals surface area (Å²) in [7, 11) is -20.4. The number of hydrogen-bond donors (Lipinski definition) is 0. The van der Waals surface area contributed by atoms with Crippen LogP contribution in [0.4, 0.5) is 0 Å². The summed E-state index contributed by atoms with van der Waals surface area (Å²) in [6.07, 6.45) is 0. The zero-order valence-corrected chi connectivity index (χ0v) is 76.9. The molecule has 0 fully saturated rings. The van der Waals surface area contributed by atoms with Crippen LogP contribution in [-0.4, -0.2) is 638 Å². The first kappa shape index (κ1) is 159. The first-order chi connectivity index (χ1) is 12.1. The fourth-order valence-electron chi connectivity index (χ4n) is 0. The normalized spacial score (nSPS) is 4.20. The Morgan fingerprint density at radius 1 is 0.156 bits per heavy atom. The van der Waals surface area contributed by atoms with E-state index in [2.05, 4.69) is 0 Å². The van der Waals surface area contributed by atoms with Gasteiger partial charge in [-0.15, -0.1) is 0 Å². The quantitative estimate of drug-likeness (QED) is 0.160. The van der Waals surface area contributed by atoms with Crippen LogP contribution < -0.4 is 143 Å². The minimum absolute atomic E-state index is 0. The van der Waals surface area contributed by atoms with Gasteiger partial charge in [0.1, 0.15) is 0 Å². The summed E-state index contributed by atoms with van der Waals surface area (Å²) in [5.74, 6) is 0. The van der Waals surface area contributed by atoms with E-state index in [1.807, 2.05) is 0 Å². The molecule has 0 amide bonds. The van der Waals surface area contributed by atoms with Gasteiger partial charge < -0.3 is 124 Å². The van der Waals surface area contributed by atoms with E-state index in [4.69, 9.17) is 106 Å². The molecule has 0 aliphatic heterocycles. The third-order valence-corrected chi connectivity index (χ3v) is 0. The second-order valence-corrected chi connectivity index (χ2v) is 2.02. The van der Waals surface area contributed by atoms with Crippen molar-refractivity contribution in [3.8, 4) is 0 Å². The van der Waals surface area contributed by atoms with Crippen molar-refractivity contribution < 1.29 is 143 Å². The molecule has 0 aromatic heterocycles. The van der Waals surface area contributed by atoms with Crippen molar-refractivity contribution in [2.24, 2.45) is 0 Å². The molecule has 0 unspecified atom stereocenters. The molecule has 0 rings (SSSR count). The van der Waals surface area contributed by atoms with E-state index in [1.165, 1.54) is 0 Å². The fraction of sp³-hybridized carbons (Fsp3) is 0. The van der Waals surface area contributed by atoms with Gasteiger partial charge in [0.2, 0.25) is 0 Å². The molecule has 0 heterocycles. The largest absolute Gasteiger partial charge is 2.00 e. The van der Waals surface area contributed by atoms with Crippen LogP contribution in [0.2, 0.25) is 0 Å². The summed E-state index contributed by atoms with van der Waals surface area (Å²) in [5, 5.41) is 177. The molecule has 0 radical (unpaired) electrons. The van der Waals surface area contributed by atoms with Gasteiger partial charge in [-0.1, -0.05) is 0 Å². The predicted molar refractivity (Wildman–Crippen MR) is 109 cm³/mol. The van der Waals surface area contributed by atoms with Gasteiger partial charge in [-0.25, -0.2) is 0 Å². The van der Waals surface area contributed by atoms with Gasteiger partial charge in [0.05, 0.1) is 0 Å². The van der Waals surface area contributed by atoms with Crippen molar-refractivity contribution in [1.29, 1.82) is 0 Å². The standard InChI is InChI=1S/7BO3.12Ba.4FH.Li/c7*2-1(3)4;;;;;;;;;;;;;;;;;/h;;;;;;;;;;;;;;;;;;;4*1H;/q7*-3;12*+2;;;;;+1/p-4. The molecule has 0 spiro atoms. The zero-order chi connectivity index (χ0) is 25.0. The molecule has 0 aromatic carbocycles. The average molecular weight is 2140 g/mol. The molecule has 0 saturated heterocycles. The predicted octanol–water partition coefficient (Wildman–Crippen LogP) is -47.2. The summed E-state index contributed by atoms with van der Waals surface area (Å²) in [6, 6.07) is 0. The van der Waals surface area contributed by atoms with E-state index in [9.17, 15) is 0 Å². The molecule has 21 nitrogen and oxygen atoms in total. The van der Waals surface area contributed by atoms with E-state index < -0.39 is 51.2 Å². The van der Waals surface area contributed by atoms with Crippen molar-refractivity contribution in [1.82, 2.24) is 0 Å². The number of hydrogen-bond acceptors (Lipinski definition) is 21. The molecular formula is B7Ba12F4LiO21. The van der Waals surface area contributed by atoms with Crippen LogP contribution in [0.15, 0.2) is 0 Å². The molecular weight excluding hydrogens is 2140 g/mol. The average Bonchev–Trinajstić information content (AvgIpc) is 2.20. The zero-order valence-electron chi connectivity index (χ0n) is 23.6. The molecule has 45 heteroatoms. The second kappa shape index (κ2) is 151. The molecule has 0 bridgehead atoms. The maximum absolute atomic E-state index is 8.42.